The van der Waals surface area contributed by atoms with Gasteiger partial charge in [-0.2, -0.15) is 13.2 Å². The van der Waals surface area contributed by atoms with Crippen molar-refractivity contribution < 1.29 is 34.8 Å². The Kier molecular flexibility index (Phi) is 5.39. The quantitative estimate of drug-likeness (QED) is 0.496. The molecule has 34 heavy (non-hydrogen) atoms. The summed E-state index contributed by atoms with van der Waals surface area (Å²) in [5, 5.41) is -0.317. The Morgan fingerprint density at radius 3 is 2.47 bits per heavy atom. The predicted molar refractivity (Wildman–Crippen MR) is 110 cm³/mol. The largest absolute Gasteiger partial charge is 0.434 e. The van der Waals surface area contributed by atoms with Crippen LogP contribution in [0.4, 0.5) is 26.3 Å². The molecule has 0 saturated heterocycles. The first-order valence-electron chi connectivity index (χ1n) is 10.5. The molecule has 0 unspecified atom stereocenters. The van der Waals surface area contributed by atoms with Gasteiger partial charge in [0.05, 0.1) is 11.4 Å². The summed E-state index contributed by atoms with van der Waals surface area (Å²) in [5.41, 5.74) is -2.73. The summed E-state index contributed by atoms with van der Waals surface area (Å²) >= 11 is 0. The highest BCUT2D eigenvalue weighted by Gasteiger charge is 2.38. The lowest BCUT2D eigenvalue weighted by atomic mass is 9.90. The van der Waals surface area contributed by atoms with Gasteiger partial charge >= 0.3 is 6.18 Å². The summed E-state index contributed by atoms with van der Waals surface area (Å²) in [4.78, 5) is 7.17. The van der Waals surface area contributed by atoms with Crippen LogP contribution in [0, 0.1) is 11.6 Å². The van der Waals surface area contributed by atoms with Crippen LogP contribution in [0.25, 0.3) is 22.3 Å². The highest BCUT2D eigenvalue weighted by Crippen LogP contribution is 2.41. The summed E-state index contributed by atoms with van der Waals surface area (Å²) in [7, 11) is -3.56. The third-order valence-electron chi connectivity index (χ3n) is 6.10. The van der Waals surface area contributed by atoms with Crippen LogP contribution >= 0.6 is 0 Å². The number of alkyl halides is 4. The molecule has 6 nitrogen and oxygen atoms in total. The number of sulfonamides is 1. The van der Waals surface area contributed by atoms with E-state index in [9.17, 15) is 30.4 Å². The number of fused-ring (bicyclic) bond motifs is 1. The number of aromatic nitrogens is 3. The summed E-state index contributed by atoms with van der Waals surface area (Å²) in [5.74, 6) is -2.26. The van der Waals surface area contributed by atoms with E-state index in [0.717, 1.165) is 6.07 Å². The van der Waals surface area contributed by atoms with E-state index in [4.69, 9.17) is 0 Å². The molecule has 0 atom stereocenters. The zero-order chi connectivity index (χ0) is 24.4. The maximum absolute atomic E-state index is 15.1. The average molecular weight is 504 g/mol. The topological polar surface area (TPSA) is 76.9 Å². The van der Waals surface area contributed by atoms with E-state index in [1.165, 1.54) is 10.8 Å². The van der Waals surface area contributed by atoms with Crippen molar-refractivity contribution in [2.45, 2.75) is 55.9 Å². The average Bonchev–Trinajstić information content (AvgIpc) is 3.53. The second kappa shape index (κ2) is 7.94. The number of nitrogens with zero attached hydrogens (tertiary/aromatic N) is 3. The molecule has 2 aliphatic carbocycles. The van der Waals surface area contributed by atoms with E-state index < -0.39 is 56.2 Å². The van der Waals surface area contributed by atoms with Crippen LogP contribution in [-0.2, 0) is 22.7 Å². The molecular weight excluding hydrogens is 486 g/mol. The predicted octanol–water partition coefficient (Wildman–Crippen LogP) is 4.65. The molecule has 0 amide bonds. The Hall–Kier alpha value is -2.67. The van der Waals surface area contributed by atoms with Crippen molar-refractivity contribution in [3.05, 3.63) is 47.4 Å². The van der Waals surface area contributed by atoms with E-state index in [2.05, 4.69) is 14.7 Å². The molecule has 13 heteroatoms. The fourth-order valence-electron chi connectivity index (χ4n) is 4.09. The number of hydrogen-bond donors (Lipinski definition) is 1. The Morgan fingerprint density at radius 1 is 1.15 bits per heavy atom. The lowest BCUT2D eigenvalue weighted by molar-refractivity contribution is -0.140. The second-order valence-corrected chi connectivity index (χ2v) is 10.6. The molecular formula is C21H18F6N4O2S. The maximum atomic E-state index is 15.1. The highest BCUT2D eigenvalue weighted by atomic mass is 32.2. The Morgan fingerprint density at radius 2 is 1.85 bits per heavy atom. The Labute approximate surface area is 190 Å². The Balaban J connectivity index is 1.63. The lowest BCUT2D eigenvalue weighted by Crippen LogP contribution is -2.28. The maximum Gasteiger partial charge on any atom is 0.434 e. The molecule has 1 N–H and O–H groups in total. The van der Waals surface area contributed by atoms with Crippen molar-refractivity contribution in [2.24, 2.45) is 0 Å². The van der Waals surface area contributed by atoms with Crippen molar-refractivity contribution in [1.29, 1.82) is 0 Å². The molecule has 0 aromatic carbocycles. The normalized spacial score (nSPS) is 21.1. The van der Waals surface area contributed by atoms with Crippen molar-refractivity contribution in [3.8, 4) is 11.3 Å². The van der Waals surface area contributed by atoms with Crippen LogP contribution in [0.15, 0.2) is 24.5 Å². The van der Waals surface area contributed by atoms with E-state index in [1.54, 1.807) is 0 Å². The van der Waals surface area contributed by atoms with E-state index in [0.29, 0.717) is 30.7 Å². The fraction of sp³-hybridized carbons (Fsp3) is 0.429. The fourth-order valence-corrected chi connectivity index (χ4v) is 5.44. The van der Waals surface area contributed by atoms with Crippen molar-refractivity contribution in [3.63, 3.8) is 0 Å². The van der Waals surface area contributed by atoms with Gasteiger partial charge in [0.15, 0.2) is 5.69 Å². The number of nitrogens with one attached hydrogen (secondary N) is 1. The van der Waals surface area contributed by atoms with Gasteiger partial charge in [-0.3, -0.25) is 0 Å². The SMILES string of the molecule is O=S(=O)(NCc1cn(C2CC(F)C2)c2nc(-c3cc(F)cnc3C(F)(F)F)c(F)cc12)C1CC1. The number of rotatable bonds is 6. The van der Waals surface area contributed by atoms with Crippen LogP contribution in [0.1, 0.15) is 43.0 Å². The molecule has 0 radical (unpaired) electrons. The van der Waals surface area contributed by atoms with Crippen LogP contribution in [-0.4, -0.2) is 34.4 Å². The van der Waals surface area contributed by atoms with Crippen molar-refractivity contribution in [2.75, 3.05) is 0 Å². The highest BCUT2D eigenvalue weighted by molar-refractivity contribution is 7.90. The summed E-state index contributed by atoms with van der Waals surface area (Å²) in [6, 6.07) is 1.06. The van der Waals surface area contributed by atoms with Gasteiger partial charge in [-0.15, -0.1) is 0 Å². The molecule has 0 spiro atoms. The van der Waals surface area contributed by atoms with Gasteiger partial charge in [0, 0.05) is 29.7 Å². The van der Waals surface area contributed by atoms with Crippen LogP contribution in [0.5, 0.6) is 0 Å². The molecule has 5 rings (SSSR count). The summed E-state index contributed by atoms with van der Waals surface area (Å²) in [6.07, 6.45) is -2.84. The summed E-state index contributed by atoms with van der Waals surface area (Å²) in [6.45, 7) is -0.191. The van der Waals surface area contributed by atoms with E-state index in [-0.39, 0.29) is 36.5 Å². The number of hydrogen-bond acceptors (Lipinski definition) is 4. The number of halogens is 6. The van der Waals surface area contributed by atoms with E-state index >= 15 is 4.39 Å². The van der Waals surface area contributed by atoms with Gasteiger partial charge in [0.2, 0.25) is 10.0 Å². The van der Waals surface area contributed by atoms with Crippen molar-refractivity contribution >= 4 is 21.1 Å². The first kappa shape index (κ1) is 23.1. The van der Waals surface area contributed by atoms with Gasteiger partial charge in [0.1, 0.15) is 29.1 Å². The molecule has 2 aliphatic rings. The molecule has 2 fully saturated rings. The molecule has 2 saturated carbocycles. The summed E-state index contributed by atoms with van der Waals surface area (Å²) < 4.78 is 111. The van der Waals surface area contributed by atoms with Gasteiger partial charge in [0.25, 0.3) is 0 Å². The molecule has 3 aromatic heterocycles. The zero-order valence-electron chi connectivity index (χ0n) is 17.4. The minimum Gasteiger partial charge on any atom is -0.329 e. The monoisotopic (exact) mass is 504 g/mol. The van der Waals surface area contributed by atoms with Crippen LogP contribution < -0.4 is 4.72 Å². The smallest absolute Gasteiger partial charge is 0.329 e. The molecule has 0 bridgehead atoms. The molecule has 3 aromatic rings. The Bertz CT molecular complexity index is 1380. The van der Waals surface area contributed by atoms with Crippen molar-refractivity contribution in [1.82, 2.24) is 19.3 Å². The van der Waals surface area contributed by atoms with Crippen LogP contribution in [0.3, 0.4) is 0 Å². The van der Waals surface area contributed by atoms with Gasteiger partial charge < -0.3 is 4.57 Å². The van der Waals surface area contributed by atoms with E-state index in [1.807, 2.05) is 0 Å². The minimum atomic E-state index is -4.99. The van der Waals surface area contributed by atoms with Crippen LogP contribution in [0.2, 0.25) is 0 Å². The van der Waals surface area contributed by atoms with Gasteiger partial charge in [-0.1, -0.05) is 0 Å². The van der Waals surface area contributed by atoms with Gasteiger partial charge in [-0.25, -0.2) is 36.3 Å². The molecule has 3 heterocycles. The second-order valence-electron chi connectivity index (χ2n) is 8.59. The lowest BCUT2D eigenvalue weighted by Gasteiger charge is -2.31. The molecule has 182 valence electrons. The van der Waals surface area contributed by atoms with Gasteiger partial charge in [-0.05, 0) is 43.4 Å². The zero-order valence-corrected chi connectivity index (χ0v) is 18.2. The third-order valence-corrected chi connectivity index (χ3v) is 7.99. The first-order valence-corrected chi connectivity index (χ1v) is 12.0. The number of pyridine rings is 2. The minimum absolute atomic E-state index is 0.0475. The standard InChI is InChI=1S/C21H18F6N4O2S/c22-11-3-13(4-11)31-9-10(7-29-34(32,33)14-1-2-14)15-6-17(24)18(30-20(15)31)16-5-12(23)8-28-19(16)21(25,26)27/h5-6,8-9,11,13-14,29H,1-4,7H2. The third kappa shape index (κ3) is 4.15. The molecule has 0 aliphatic heterocycles. The first-order chi connectivity index (χ1) is 15.9.